The Labute approximate surface area is 106 Å². The summed E-state index contributed by atoms with van der Waals surface area (Å²) in [5, 5.41) is 17.3. The molecule has 7 nitrogen and oxygen atoms in total. The molecule has 1 saturated heterocycles. The zero-order valence-corrected chi connectivity index (χ0v) is 10.3. The molecule has 1 atom stereocenters. The van der Waals surface area contributed by atoms with Gasteiger partial charge in [0.25, 0.3) is 0 Å². The third kappa shape index (κ3) is 4.31. The number of rotatable bonds is 5. The first-order chi connectivity index (χ1) is 8.54. The lowest BCUT2D eigenvalue weighted by molar-refractivity contribution is -0.157. The number of nitriles is 1. The number of nitrogens with zero attached hydrogens (tertiary/aromatic N) is 3. The number of carbonyl (C=O) groups excluding carboxylic acids is 1. The molecule has 1 heterocycles. The van der Waals surface area contributed by atoms with Gasteiger partial charge in [0.2, 0.25) is 5.91 Å². The van der Waals surface area contributed by atoms with Gasteiger partial charge in [0.1, 0.15) is 0 Å². The fourth-order valence-electron chi connectivity index (χ4n) is 1.65. The standard InChI is InChI=1S/C11H17N3O4/c1-13(4-2-3-12)10(15)8-14-5-6-18-9(7-14)11(16)17/h9H,2,4-8H2,1H3,(H,16,17). The molecular weight excluding hydrogens is 238 g/mol. The predicted octanol–water partition coefficient (Wildman–Crippen LogP) is -0.856. The van der Waals surface area contributed by atoms with Crippen LogP contribution in [0.1, 0.15) is 6.42 Å². The first-order valence-electron chi connectivity index (χ1n) is 5.72. The van der Waals surface area contributed by atoms with Crippen molar-refractivity contribution < 1.29 is 19.4 Å². The molecule has 7 heteroatoms. The highest BCUT2D eigenvalue weighted by Gasteiger charge is 2.27. The second kappa shape index (κ2) is 6.93. The van der Waals surface area contributed by atoms with Crippen molar-refractivity contribution in [3.63, 3.8) is 0 Å². The minimum Gasteiger partial charge on any atom is -0.479 e. The number of carbonyl (C=O) groups is 2. The maximum atomic E-state index is 11.8. The second-order valence-corrected chi connectivity index (χ2v) is 4.16. The van der Waals surface area contributed by atoms with E-state index >= 15 is 0 Å². The van der Waals surface area contributed by atoms with Crippen LogP contribution in [0.15, 0.2) is 0 Å². The van der Waals surface area contributed by atoms with Crippen molar-refractivity contribution in [3.05, 3.63) is 0 Å². The Morgan fingerprint density at radius 1 is 1.61 bits per heavy atom. The number of likely N-dealkylation sites (N-methyl/N-ethyl adjacent to an activating group) is 1. The van der Waals surface area contributed by atoms with Crippen molar-refractivity contribution >= 4 is 11.9 Å². The summed E-state index contributed by atoms with van der Waals surface area (Å²) in [6.45, 7) is 1.62. The third-order valence-corrected chi connectivity index (χ3v) is 2.77. The molecule has 0 aromatic rings. The van der Waals surface area contributed by atoms with E-state index in [1.54, 1.807) is 11.9 Å². The van der Waals surface area contributed by atoms with Crippen LogP contribution in [0.3, 0.4) is 0 Å². The molecule has 1 rings (SSSR count). The quantitative estimate of drug-likeness (QED) is 0.687. The largest absolute Gasteiger partial charge is 0.479 e. The van der Waals surface area contributed by atoms with Crippen LogP contribution in [0, 0.1) is 11.3 Å². The Hall–Kier alpha value is -1.65. The summed E-state index contributed by atoms with van der Waals surface area (Å²) in [4.78, 5) is 25.8. The van der Waals surface area contributed by atoms with Crippen LogP contribution >= 0.6 is 0 Å². The molecule has 0 aromatic carbocycles. The van der Waals surface area contributed by atoms with Gasteiger partial charge in [-0.2, -0.15) is 5.26 Å². The molecule has 1 N–H and O–H groups in total. The summed E-state index contributed by atoms with van der Waals surface area (Å²) >= 11 is 0. The molecule has 1 aliphatic rings. The van der Waals surface area contributed by atoms with Gasteiger partial charge in [-0.25, -0.2) is 4.79 Å². The number of aliphatic carboxylic acids is 1. The minimum atomic E-state index is -1.01. The number of amides is 1. The van der Waals surface area contributed by atoms with Crippen LogP contribution in [0.5, 0.6) is 0 Å². The summed E-state index contributed by atoms with van der Waals surface area (Å²) in [6.07, 6.45) is -0.570. The Morgan fingerprint density at radius 3 is 2.94 bits per heavy atom. The monoisotopic (exact) mass is 255 g/mol. The highest BCUT2D eigenvalue weighted by atomic mass is 16.5. The van der Waals surface area contributed by atoms with Gasteiger partial charge >= 0.3 is 5.97 Å². The number of hydrogen-bond donors (Lipinski definition) is 1. The zero-order valence-electron chi connectivity index (χ0n) is 10.3. The van der Waals surface area contributed by atoms with E-state index in [2.05, 4.69) is 0 Å². The van der Waals surface area contributed by atoms with Gasteiger partial charge in [-0.05, 0) is 0 Å². The normalized spacial score (nSPS) is 20.1. The van der Waals surface area contributed by atoms with E-state index in [0.717, 1.165) is 0 Å². The maximum absolute atomic E-state index is 11.8. The van der Waals surface area contributed by atoms with E-state index in [-0.39, 0.29) is 19.0 Å². The second-order valence-electron chi connectivity index (χ2n) is 4.16. The van der Waals surface area contributed by atoms with Crippen LogP contribution in [0.4, 0.5) is 0 Å². The fourth-order valence-corrected chi connectivity index (χ4v) is 1.65. The molecule has 18 heavy (non-hydrogen) atoms. The number of carboxylic acid groups (broad SMARTS) is 1. The van der Waals surface area contributed by atoms with Crippen LogP contribution in [-0.2, 0) is 14.3 Å². The van der Waals surface area contributed by atoms with E-state index < -0.39 is 12.1 Å². The van der Waals surface area contributed by atoms with Crippen LogP contribution in [-0.4, -0.2) is 72.7 Å². The molecule has 0 aliphatic carbocycles. The lowest BCUT2D eigenvalue weighted by Gasteiger charge is -2.31. The van der Waals surface area contributed by atoms with Crippen LogP contribution in [0.2, 0.25) is 0 Å². The predicted molar refractivity (Wildman–Crippen MR) is 61.7 cm³/mol. The average Bonchev–Trinajstić information content (AvgIpc) is 2.36. The highest BCUT2D eigenvalue weighted by molar-refractivity contribution is 5.78. The first kappa shape index (κ1) is 14.4. The summed E-state index contributed by atoms with van der Waals surface area (Å²) in [7, 11) is 1.63. The van der Waals surface area contributed by atoms with Gasteiger partial charge in [0, 0.05) is 26.7 Å². The molecular formula is C11H17N3O4. The van der Waals surface area contributed by atoms with Crippen LogP contribution in [0.25, 0.3) is 0 Å². The molecule has 1 amide bonds. The van der Waals surface area contributed by atoms with Gasteiger partial charge in [0.15, 0.2) is 6.10 Å². The van der Waals surface area contributed by atoms with E-state index in [1.807, 2.05) is 6.07 Å². The number of hydrogen-bond acceptors (Lipinski definition) is 5. The average molecular weight is 255 g/mol. The Bertz CT molecular complexity index is 353. The molecule has 0 spiro atoms. The summed E-state index contributed by atoms with van der Waals surface area (Å²) < 4.78 is 5.07. The van der Waals surface area contributed by atoms with Crippen molar-refractivity contribution in [3.8, 4) is 6.07 Å². The summed E-state index contributed by atoms with van der Waals surface area (Å²) in [6, 6.07) is 1.97. The molecule has 0 saturated carbocycles. The number of ether oxygens (including phenoxy) is 1. The van der Waals surface area contributed by atoms with E-state index in [1.165, 1.54) is 4.90 Å². The molecule has 1 fully saturated rings. The zero-order chi connectivity index (χ0) is 13.5. The molecule has 1 unspecified atom stereocenters. The van der Waals surface area contributed by atoms with Gasteiger partial charge in [-0.15, -0.1) is 0 Å². The number of carboxylic acids is 1. The van der Waals surface area contributed by atoms with Gasteiger partial charge in [-0.1, -0.05) is 0 Å². The molecule has 0 bridgehead atoms. The van der Waals surface area contributed by atoms with Gasteiger partial charge < -0.3 is 14.7 Å². The topological polar surface area (TPSA) is 93.9 Å². The van der Waals surface area contributed by atoms with Crippen molar-refractivity contribution in [2.24, 2.45) is 0 Å². The lowest BCUT2D eigenvalue weighted by Crippen LogP contribution is -2.49. The minimum absolute atomic E-state index is 0.115. The third-order valence-electron chi connectivity index (χ3n) is 2.77. The number of morpholine rings is 1. The van der Waals surface area contributed by atoms with Crippen molar-refractivity contribution in [2.45, 2.75) is 12.5 Å². The molecule has 1 aliphatic heterocycles. The maximum Gasteiger partial charge on any atom is 0.334 e. The molecule has 0 radical (unpaired) electrons. The molecule has 100 valence electrons. The highest BCUT2D eigenvalue weighted by Crippen LogP contribution is 2.05. The Morgan fingerprint density at radius 2 is 2.33 bits per heavy atom. The van der Waals surface area contributed by atoms with E-state index in [4.69, 9.17) is 15.1 Å². The van der Waals surface area contributed by atoms with Gasteiger partial charge in [0.05, 0.1) is 25.6 Å². The fraction of sp³-hybridized carbons (Fsp3) is 0.727. The van der Waals surface area contributed by atoms with E-state index in [0.29, 0.717) is 26.1 Å². The van der Waals surface area contributed by atoms with Crippen molar-refractivity contribution in [1.29, 1.82) is 5.26 Å². The van der Waals surface area contributed by atoms with E-state index in [9.17, 15) is 9.59 Å². The first-order valence-corrected chi connectivity index (χ1v) is 5.72. The van der Waals surface area contributed by atoms with Crippen LogP contribution < -0.4 is 0 Å². The van der Waals surface area contributed by atoms with Gasteiger partial charge in [-0.3, -0.25) is 9.69 Å². The Kier molecular flexibility index (Phi) is 5.55. The lowest BCUT2D eigenvalue weighted by atomic mass is 10.2. The smallest absolute Gasteiger partial charge is 0.334 e. The van der Waals surface area contributed by atoms with Crippen molar-refractivity contribution in [1.82, 2.24) is 9.80 Å². The molecule has 0 aromatic heterocycles. The Balaban J connectivity index is 2.39. The van der Waals surface area contributed by atoms with Crippen molar-refractivity contribution in [2.75, 3.05) is 39.8 Å². The SMILES string of the molecule is CN(CCC#N)C(=O)CN1CCOC(C(=O)O)C1. The summed E-state index contributed by atoms with van der Waals surface area (Å²) in [5.41, 5.74) is 0. The summed E-state index contributed by atoms with van der Waals surface area (Å²) in [5.74, 6) is -1.12.